The summed E-state index contributed by atoms with van der Waals surface area (Å²) in [6.07, 6.45) is 8.16. The lowest BCUT2D eigenvalue weighted by atomic mass is 9.91. The Bertz CT molecular complexity index is 320. The van der Waals surface area contributed by atoms with Gasteiger partial charge in [0.05, 0.1) is 0 Å². The molecule has 0 saturated heterocycles. The molecule has 1 fully saturated rings. The van der Waals surface area contributed by atoms with Crippen LogP contribution in [0.15, 0.2) is 10.5 Å². The van der Waals surface area contributed by atoms with Crippen LogP contribution >= 0.6 is 27.3 Å². The summed E-state index contributed by atoms with van der Waals surface area (Å²) in [6, 6.07) is 2.48. The van der Waals surface area contributed by atoms with Gasteiger partial charge in [0.2, 0.25) is 0 Å². The average Bonchev–Trinajstić information content (AvgIpc) is 2.51. The Labute approximate surface area is 111 Å². The molecule has 1 saturated carbocycles. The van der Waals surface area contributed by atoms with Crippen molar-refractivity contribution in [1.82, 2.24) is 0 Å². The molecule has 1 aliphatic rings. The van der Waals surface area contributed by atoms with E-state index >= 15 is 0 Å². The lowest BCUT2D eigenvalue weighted by Gasteiger charge is -2.21. The van der Waals surface area contributed by atoms with Gasteiger partial charge in [0, 0.05) is 20.3 Å². The Morgan fingerprint density at radius 3 is 2.44 bits per heavy atom. The number of thiophene rings is 1. The molecule has 1 aromatic heterocycles. The van der Waals surface area contributed by atoms with Crippen molar-refractivity contribution in [1.29, 1.82) is 0 Å². The predicted octanol–water partition coefficient (Wildman–Crippen LogP) is 4.79. The first-order valence-corrected chi connectivity index (χ1v) is 7.81. The molecule has 1 unspecified atom stereocenters. The molecule has 0 radical (unpaired) electrons. The monoisotopic (exact) mass is 301 g/mol. The molecule has 0 aliphatic heterocycles. The third kappa shape index (κ3) is 2.88. The van der Waals surface area contributed by atoms with Crippen LogP contribution in [0.4, 0.5) is 0 Å². The highest BCUT2D eigenvalue weighted by molar-refractivity contribution is 9.10. The summed E-state index contributed by atoms with van der Waals surface area (Å²) in [5.74, 6) is 0.701. The highest BCUT2D eigenvalue weighted by Crippen LogP contribution is 2.37. The maximum atomic E-state index is 6.41. The summed E-state index contributed by atoms with van der Waals surface area (Å²) in [5.41, 5.74) is 6.41. The first kappa shape index (κ1) is 12.6. The number of aryl methyl sites for hydroxylation is 1. The maximum Gasteiger partial charge on any atom is 0.0418 e. The summed E-state index contributed by atoms with van der Waals surface area (Å²) < 4.78 is 1.22. The zero-order chi connectivity index (χ0) is 11.5. The number of hydrogen-bond donors (Lipinski definition) is 1. The third-order valence-electron chi connectivity index (χ3n) is 3.61. The van der Waals surface area contributed by atoms with Crippen LogP contribution in [-0.2, 0) is 0 Å². The fourth-order valence-electron chi connectivity index (χ4n) is 2.55. The summed E-state index contributed by atoms with van der Waals surface area (Å²) in [6.45, 7) is 2.15. The smallest absolute Gasteiger partial charge is 0.0418 e. The van der Waals surface area contributed by atoms with Crippen LogP contribution in [0.5, 0.6) is 0 Å². The van der Waals surface area contributed by atoms with E-state index in [1.54, 1.807) is 0 Å². The van der Waals surface area contributed by atoms with Gasteiger partial charge < -0.3 is 5.73 Å². The number of rotatable bonds is 2. The summed E-state index contributed by atoms with van der Waals surface area (Å²) in [7, 11) is 0. The molecule has 2 N–H and O–H groups in total. The van der Waals surface area contributed by atoms with E-state index in [1.165, 1.54) is 52.8 Å². The van der Waals surface area contributed by atoms with Crippen molar-refractivity contribution in [3.8, 4) is 0 Å². The van der Waals surface area contributed by atoms with Gasteiger partial charge in [-0.05, 0) is 47.7 Å². The molecule has 0 spiro atoms. The molecule has 0 aromatic carbocycles. The summed E-state index contributed by atoms with van der Waals surface area (Å²) >= 11 is 5.43. The van der Waals surface area contributed by atoms with E-state index in [9.17, 15) is 0 Å². The van der Waals surface area contributed by atoms with Gasteiger partial charge in [-0.3, -0.25) is 0 Å². The van der Waals surface area contributed by atoms with E-state index in [-0.39, 0.29) is 6.04 Å². The quantitative estimate of drug-likeness (QED) is 0.781. The molecule has 1 nitrogen and oxygen atoms in total. The van der Waals surface area contributed by atoms with Gasteiger partial charge in [-0.2, -0.15) is 0 Å². The van der Waals surface area contributed by atoms with E-state index in [1.807, 2.05) is 11.3 Å². The second kappa shape index (κ2) is 5.65. The third-order valence-corrected chi connectivity index (χ3v) is 5.85. The van der Waals surface area contributed by atoms with Crippen molar-refractivity contribution < 1.29 is 0 Å². The Hall–Kier alpha value is 0.140. The molecule has 2 rings (SSSR count). The van der Waals surface area contributed by atoms with E-state index in [0.717, 1.165) is 0 Å². The molecule has 3 heteroatoms. The average molecular weight is 302 g/mol. The van der Waals surface area contributed by atoms with Crippen LogP contribution < -0.4 is 5.73 Å². The number of hydrogen-bond acceptors (Lipinski definition) is 2. The minimum absolute atomic E-state index is 0.257. The molecular formula is C13H20BrNS. The van der Waals surface area contributed by atoms with Gasteiger partial charge in [0.1, 0.15) is 0 Å². The molecule has 1 aromatic rings. The predicted molar refractivity (Wildman–Crippen MR) is 74.9 cm³/mol. The van der Waals surface area contributed by atoms with E-state index < -0.39 is 0 Å². The van der Waals surface area contributed by atoms with Gasteiger partial charge in [-0.1, -0.05) is 25.7 Å². The van der Waals surface area contributed by atoms with Crippen LogP contribution in [0, 0.1) is 12.8 Å². The molecule has 0 amide bonds. The van der Waals surface area contributed by atoms with Crippen molar-refractivity contribution in [2.24, 2.45) is 11.7 Å². The molecule has 90 valence electrons. The fraction of sp³-hybridized carbons (Fsp3) is 0.692. The first-order valence-electron chi connectivity index (χ1n) is 6.20. The largest absolute Gasteiger partial charge is 0.323 e. The minimum Gasteiger partial charge on any atom is -0.323 e. The SMILES string of the molecule is Cc1sc(C(N)C2CCCCCC2)cc1Br. The number of halogens is 1. The zero-order valence-corrected chi connectivity index (χ0v) is 12.2. The summed E-state index contributed by atoms with van der Waals surface area (Å²) in [5, 5.41) is 0. The maximum absolute atomic E-state index is 6.41. The number of nitrogens with two attached hydrogens (primary N) is 1. The van der Waals surface area contributed by atoms with Crippen LogP contribution in [0.3, 0.4) is 0 Å². The fourth-order valence-corrected chi connectivity index (χ4v) is 4.20. The molecule has 16 heavy (non-hydrogen) atoms. The van der Waals surface area contributed by atoms with Gasteiger partial charge >= 0.3 is 0 Å². The minimum atomic E-state index is 0.257. The molecule has 1 heterocycles. The Balaban J connectivity index is 2.07. The Morgan fingerprint density at radius 2 is 1.94 bits per heavy atom. The molecule has 0 bridgehead atoms. The van der Waals surface area contributed by atoms with Crippen molar-refractivity contribution in [2.75, 3.05) is 0 Å². The van der Waals surface area contributed by atoms with Crippen LogP contribution in [0.2, 0.25) is 0 Å². The van der Waals surface area contributed by atoms with Crippen molar-refractivity contribution in [3.63, 3.8) is 0 Å². The van der Waals surface area contributed by atoms with Gasteiger partial charge in [-0.25, -0.2) is 0 Å². The van der Waals surface area contributed by atoms with E-state index in [0.29, 0.717) is 5.92 Å². The van der Waals surface area contributed by atoms with Crippen molar-refractivity contribution in [2.45, 2.75) is 51.5 Å². The summed E-state index contributed by atoms with van der Waals surface area (Å²) in [4.78, 5) is 2.70. The first-order chi connectivity index (χ1) is 7.68. The Kier molecular flexibility index (Phi) is 4.45. The molecular weight excluding hydrogens is 282 g/mol. The van der Waals surface area contributed by atoms with E-state index in [2.05, 4.69) is 28.9 Å². The second-order valence-electron chi connectivity index (χ2n) is 4.83. The Morgan fingerprint density at radius 1 is 1.31 bits per heavy atom. The van der Waals surface area contributed by atoms with Gasteiger partial charge in [-0.15, -0.1) is 11.3 Å². The lowest BCUT2D eigenvalue weighted by molar-refractivity contribution is 0.386. The van der Waals surface area contributed by atoms with Crippen molar-refractivity contribution in [3.05, 3.63) is 20.3 Å². The molecule has 1 atom stereocenters. The van der Waals surface area contributed by atoms with Gasteiger partial charge in [0.25, 0.3) is 0 Å². The van der Waals surface area contributed by atoms with Gasteiger partial charge in [0.15, 0.2) is 0 Å². The topological polar surface area (TPSA) is 26.0 Å². The normalized spacial score (nSPS) is 20.7. The molecule has 1 aliphatic carbocycles. The highest BCUT2D eigenvalue weighted by atomic mass is 79.9. The standard InChI is InChI=1S/C13H20BrNS/c1-9-11(14)8-12(16-9)13(15)10-6-4-2-3-5-7-10/h8,10,13H,2-7,15H2,1H3. The van der Waals surface area contributed by atoms with Crippen LogP contribution in [0.25, 0.3) is 0 Å². The van der Waals surface area contributed by atoms with Crippen LogP contribution in [-0.4, -0.2) is 0 Å². The highest BCUT2D eigenvalue weighted by Gasteiger charge is 2.22. The lowest BCUT2D eigenvalue weighted by Crippen LogP contribution is -2.19. The zero-order valence-electron chi connectivity index (χ0n) is 9.84. The second-order valence-corrected chi connectivity index (χ2v) is 6.97. The van der Waals surface area contributed by atoms with E-state index in [4.69, 9.17) is 5.73 Å². The van der Waals surface area contributed by atoms with Crippen molar-refractivity contribution >= 4 is 27.3 Å². The van der Waals surface area contributed by atoms with Crippen LogP contribution in [0.1, 0.15) is 54.3 Å².